The fraction of sp³-hybridized carbons (Fsp3) is 0. The average Bonchev–Trinajstić information content (AvgIpc) is 2.62. The fourth-order valence-corrected chi connectivity index (χ4v) is 3.28. The molecule has 0 bridgehead atoms. The summed E-state index contributed by atoms with van der Waals surface area (Å²) in [6.07, 6.45) is 0. The lowest BCUT2D eigenvalue weighted by molar-refractivity contribution is -0.00484. The molecule has 3 aromatic rings. The Labute approximate surface area is 139 Å². The molecule has 0 atom stereocenters. The molecule has 3 aromatic carbocycles. The van der Waals surface area contributed by atoms with Crippen molar-refractivity contribution in [2.75, 3.05) is 5.43 Å². The minimum absolute atomic E-state index is 0.0383. The molecule has 7 heteroatoms. The molecule has 0 saturated carbocycles. The van der Waals surface area contributed by atoms with Crippen molar-refractivity contribution in [3.05, 3.63) is 78.3 Å². The lowest BCUT2D eigenvalue weighted by Crippen LogP contribution is -2.36. The molecule has 2 N–H and O–H groups in total. The van der Waals surface area contributed by atoms with Crippen LogP contribution in [0, 0.1) is 0 Å². The molecule has 0 saturated heterocycles. The highest BCUT2D eigenvalue weighted by atomic mass is 32.2. The number of anilines is 1. The van der Waals surface area contributed by atoms with Gasteiger partial charge in [0.2, 0.25) is 0 Å². The Kier molecular flexibility index (Phi) is 4.29. The van der Waals surface area contributed by atoms with Crippen LogP contribution in [0.1, 0.15) is 0 Å². The van der Waals surface area contributed by atoms with Gasteiger partial charge in [-0.1, -0.05) is 48.5 Å². The predicted octanol–water partition coefficient (Wildman–Crippen LogP) is 2.82. The number of amidine groups is 1. The van der Waals surface area contributed by atoms with Gasteiger partial charge in [-0.25, -0.2) is 13.8 Å². The quantitative estimate of drug-likeness (QED) is 0.252. The van der Waals surface area contributed by atoms with Crippen molar-refractivity contribution in [3.8, 4) is 0 Å². The van der Waals surface area contributed by atoms with Gasteiger partial charge in [-0.05, 0) is 35.0 Å². The third-order valence-electron chi connectivity index (χ3n) is 3.46. The molecule has 24 heavy (non-hydrogen) atoms. The predicted molar refractivity (Wildman–Crippen MR) is 93.0 cm³/mol. The second-order valence-corrected chi connectivity index (χ2v) is 6.90. The Hall–Kier alpha value is -3.15. The van der Waals surface area contributed by atoms with Crippen molar-refractivity contribution < 1.29 is 13.2 Å². The third kappa shape index (κ3) is 3.12. The number of nitrogens with zero attached hydrogens (tertiary/aromatic N) is 2. The van der Waals surface area contributed by atoms with E-state index in [-0.39, 0.29) is 4.90 Å². The molecule has 0 amide bonds. The summed E-state index contributed by atoms with van der Waals surface area (Å²) < 4.78 is 25.3. The maximum absolute atomic E-state index is 12.6. The number of rotatable bonds is 3. The molecule has 0 aliphatic carbocycles. The molecule has 0 aliphatic heterocycles. The van der Waals surface area contributed by atoms with E-state index in [2.05, 4.69) is 15.6 Å². The van der Waals surface area contributed by atoms with Crippen LogP contribution in [0.2, 0.25) is 0 Å². The number of hydrogen-bond donors (Lipinski definition) is 2. The van der Waals surface area contributed by atoms with Gasteiger partial charge in [0.1, 0.15) is 0 Å². The highest BCUT2D eigenvalue weighted by molar-refractivity contribution is 8.06. The van der Waals surface area contributed by atoms with Gasteiger partial charge in [0.25, 0.3) is 9.84 Å². The third-order valence-corrected chi connectivity index (χ3v) is 5.03. The lowest BCUT2D eigenvalue weighted by Gasteiger charge is -2.05. The van der Waals surface area contributed by atoms with E-state index in [0.717, 1.165) is 10.8 Å². The first-order valence-electron chi connectivity index (χ1n) is 7.14. The van der Waals surface area contributed by atoms with Crippen LogP contribution >= 0.6 is 0 Å². The molecule has 3 rings (SSSR count). The number of nitrogens with one attached hydrogen (secondary N) is 2. The van der Waals surface area contributed by atoms with Gasteiger partial charge in [-0.15, -0.1) is 5.43 Å². The number of hydrazine groups is 1. The van der Waals surface area contributed by atoms with Crippen LogP contribution in [0.25, 0.3) is 16.3 Å². The molecule has 0 radical (unpaired) electrons. The van der Waals surface area contributed by atoms with Crippen LogP contribution < -0.4 is 10.9 Å². The van der Waals surface area contributed by atoms with Gasteiger partial charge in [0.15, 0.2) is 0 Å². The van der Waals surface area contributed by atoms with E-state index in [1.54, 1.807) is 36.4 Å². The maximum atomic E-state index is 12.6. The van der Waals surface area contributed by atoms with Gasteiger partial charge < -0.3 is 5.53 Å². The van der Waals surface area contributed by atoms with Crippen LogP contribution in [0.15, 0.2) is 77.7 Å². The zero-order valence-corrected chi connectivity index (χ0v) is 13.4. The number of sulfone groups is 1. The van der Waals surface area contributed by atoms with Gasteiger partial charge in [-0.2, -0.15) is 0 Å². The summed E-state index contributed by atoms with van der Waals surface area (Å²) in [5, 5.41) is 1.13. The Morgan fingerprint density at radius 2 is 1.54 bits per heavy atom. The Morgan fingerprint density at radius 1 is 0.875 bits per heavy atom. The topological polar surface area (TPSA) is 94.6 Å². The Balaban J connectivity index is 1.90. The molecule has 120 valence electrons. The van der Waals surface area contributed by atoms with E-state index in [1.165, 1.54) is 6.07 Å². The number of hydrogen-bond acceptors (Lipinski definition) is 3. The smallest absolute Gasteiger partial charge is 0.475 e. The largest absolute Gasteiger partial charge is 0.496 e. The summed E-state index contributed by atoms with van der Waals surface area (Å²) in [5.41, 5.74) is 14.9. The summed E-state index contributed by atoms with van der Waals surface area (Å²) in [4.78, 5) is 2.92. The first-order valence-corrected chi connectivity index (χ1v) is 8.62. The number of fused-ring (bicyclic) bond motifs is 1. The summed E-state index contributed by atoms with van der Waals surface area (Å²) >= 11 is 0. The summed E-state index contributed by atoms with van der Waals surface area (Å²) in [7, 11) is -3.99. The second-order valence-electron chi connectivity index (χ2n) is 5.03. The molecular formula is C17H14N4O2S. The first-order chi connectivity index (χ1) is 11.6. The molecule has 0 aliphatic rings. The summed E-state index contributed by atoms with van der Waals surface area (Å²) in [6, 6.07) is 21.0. The average molecular weight is 338 g/mol. The SMILES string of the molecule is [N-]=[N+]=C(NNc1ccccc1)S(=O)(=O)c1ccc2ccccc2c1. The Bertz CT molecular complexity index is 1030. The monoisotopic (exact) mass is 338 g/mol. The van der Waals surface area contributed by atoms with E-state index in [9.17, 15) is 8.42 Å². The van der Waals surface area contributed by atoms with E-state index >= 15 is 0 Å². The highest BCUT2D eigenvalue weighted by Gasteiger charge is 2.30. The minimum atomic E-state index is -3.99. The fourth-order valence-electron chi connectivity index (χ4n) is 2.24. The summed E-state index contributed by atoms with van der Waals surface area (Å²) in [5.74, 6) is 0. The normalized spacial score (nSPS) is 10.8. The van der Waals surface area contributed by atoms with Crippen molar-refractivity contribution in [2.45, 2.75) is 4.90 Å². The summed E-state index contributed by atoms with van der Waals surface area (Å²) in [6.45, 7) is 0. The van der Waals surface area contributed by atoms with Gasteiger partial charge in [0, 0.05) is 0 Å². The van der Waals surface area contributed by atoms with Crippen LogP contribution in [-0.4, -0.2) is 18.4 Å². The van der Waals surface area contributed by atoms with E-state index in [1.807, 2.05) is 30.3 Å². The van der Waals surface area contributed by atoms with Crippen molar-refractivity contribution in [1.29, 1.82) is 0 Å². The molecule has 0 heterocycles. The molecule has 0 aromatic heterocycles. The minimum Gasteiger partial charge on any atom is -0.496 e. The molecule has 0 unspecified atom stereocenters. The van der Waals surface area contributed by atoms with E-state index in [0.29, 0.717) is 5.69 Å². The van der Waals surface area contributed by atoms with E-state index in [4.69, 9.17) is 5.53 Å². The van der Waals surface area contributed by atoms with Gasteiger partial charge in [0.05, 0.1) is 10.6 Å². The standard InChI is InChI=1S/C17H14N4O2S/c18-19-17(21-20-15-8-2-1-3-9-15)24(22,23)16-11-10-13-6-4-5-7-14(13)12-16/h1-12,20-21H. The van der Waals surface area contributed by atoms with Crippen molar-refractivity contribution >= 4 is 31.5 Å². The zero-order chi connectivity index (χ0) is 17.0. The van der Waals surface area contributed by atoms with Gasteiger partial charge >= 0.3 is 5.17 Å². The lowest BCUT2D eigenvalue weighted by atomic mass is 10.1. The van der Waals surface area contributed by atoms with Crippen molar-refractivity contribution in [2.24, 2.45) is 0 Å². The number of para-hydroxylation sites is 1. The van der Waals surface area contributed by atoms with Crippen molar-refractivity contribution in [3.63, 3.8) is 0 Å². The molecule has 0 spiro atoms. The molecule has 0 fully saturated rings. The van der Waals surface area contributed by atoms with Crippen LogP contribution in [0.3, 0.4) is 0 Å². The van der Waals surface area contributed by atoms with E-state index < -0.39 is 15.0 Å². The van der Waals surface area contributed by atoms with Gasteiger partial charge in [-0.3, -0.25) is 4.79 Å². The first kappa shape index (κ1) is 15.7. The second kappa shape index (κ2) is 6.54. The molecular weight excluding hydrogens is 324 g/mol. The Morgan fingerprint density at radius 3 is 2.25 bits per heavy atom. The van der Waals surface area contributed by atoms with Crippen LogP contribution in [-0.2, 0) is 9.84 Å². The number of benzene rings is 3. The molecule has 6 nitrogen and oxygen atoms in total. The van der Waals surface area contributed by atoms with Crippen molar-refractivity contribution in [1.82, 2.24) is 5.43 Å². The zero-order valence-electron chi connectivity index (χ0n) is 12.5. The highest BCUT2D eigenvalue weighted by Crippen LogP contribution is 2.20. The maximum Gasteiger partial charge on any atom is 0.475 e. The van der Waals surface area contributed by atoms with Crippen LogP contribution in [0.5, 0.6) is 0 Å². The van der Waals surface area contributed by atoms with Crippen LogP contribution in [0.4, 0.5) is 5.69 Å².